The molecule has 218 valence electrons. The summed E-state index contributed by atoms with van der Waals surface area (Å²) in [4.78, 5) is 29.5. The number of hydrogen-bond donors (Lipinski definition) is 0. The molecular weight excluding hydrogens is 612 g/mol. The van der Waals surface area contributed by atoms with Crippen LogP contribution in [0.5, 0.6) is 11.5 Å². The Balaban J connectivity index is 1.61. The Labute approximate surface area is 256 Å². The van der Waals surface area contributed by atoms with Gasteiger partial charge in [-0.25, -0.2) is 4.98 Å². The monoisotopic (exact) mass is 640 g/mol. The second-order valence-corrected chi connectivity index (χ2v) is 11.2. The number of fused-ring (bicyclic) bond motifs is 1. The number of para-hydroxylation sites is 1. The van der Waals surface area contributed by atoms with Crippen LogP contribution in [0, 0.1) is 17.0 Å². The Morgan fingerprint density at radius 3 is 2.58 bits per heavy atom. The molecule has 1 heterocycles. The second kappa shape index (κ2) is 12.6. The first-order valence-electron chi connectivity index (χ1n) is 13.6. The predicted octanol–water partition coefficient (Wildman–Crippen LogP) is 7.64. The molecule has 0 bridgehead atoms. The minimum atomic E-state index is -0.442. The number of nitro groups is 1. The Morgan fingerprint density at radius 2 is 1.84 bits per heavy atom. The summed E-state index contributed by atoms with van der Waals surface area (Å²) in [5.41, 5.74) is 4.13. The summed E-state index contributed by atoms with van der Waals surface area (Å²) in [5.74, 6) is 1.83. The third kappa shape index (κ3) is 6.34. The number of methoxy groups -OCH3 is 1. The normalized spacial score (nSPS) is 11.4. The molecule has 0 amide bonds. The first-order chi connectivity index (χ1) is 20.7. The van der Waals surface area contributed by atoms with E-state index >= 15 is 0 Å². The van der Waals surface area contributed by atoms with Crippen LogP contribution in [0.1, 0.15) is 42.0 Å². The van der Waals surface area contributed by atoms with E-state index < -0.39 is 4.92 Å². The second-order valence-electron chi connectivity index (χ2n) is 10.3. The van der Waals surface area contributed by atoms with Crippen molar-refractivity contribution in [3.63, 3.8) is 0 Å². The molecule has 0 spiro atoms. The van der Waals surface area contributed by atoms with Crippen LogP contribution in [0.15, 0.2) is 93.2 Å². The van der Waals surface area contributed by atoms with E-state index in [1.54, 1.807) is 43.7 Å². The Kier molecular flexibility index (Phi) is 8.68. The lowest BCUT2D eigenvalue weighted by Crippen LogP contribution is -2.21. The van der Waals surface area contributed by atoms with Crippen molar-refractivity contribution in [1.82, 2.24) is 9.66 Å². The highest BCUT2D eigenvalue weighted by Gasteiger charge is 2.18. The number of aromatic nitrogens is 2. The number of nitro benzene ring substituents is 1. The van der Waals surface area contributed by atoms with Crippen molar-refractivity contribution < 1.29 is 14.4 Å². The summed E-state index contributed by atoms with van der Waals surface area (Å²) in [6.45, 7) is 6.22. The molecule has 10 heteroatoms. The van der Waals surface area contributed by atoms with E-state index in [-0.39, 0.29) is 23.8 Å². The lowest BCUT2D eigenvalue weighted by atomic mass is 9.96. The first kappa shape index (κ1) is 29.7. The van der Waals surface area contributed by atoms with Crippen LogP contribution in [0.4, 0.5) is 5.69 Å². The van der Waals surface area contributed by atoms with Gasteiger partial charge in [0.25, 0.3) is 11.2 Å². The molecular formula is C33H29BrN4O5. The van der Waals surface area contributed by atoms with Crippen LogP contribution in [0.3, 0.4) is 0 Å². The number of nitrogens with zero attached hydrogens (tertiary/aromatic N) is 4. The maximum atomic E-state index is 13.8. The smallest absolute Gasteiger partial charge is 0.282 e. The molecule has 0 N–H and O–H groups in total. The molecule has 0 aliphatic carbocycles. The Morgan fingerprint density at radius 1 is 1.05 bits per heavy atom. The van der Waals surface area contributed by atoms with Crippen LogP contribution < -0.4 is 15.0 Å². The maximum Gasteiger partial charge on any atom is 0.282 e. The van der Waals surface area contributed by atoms with Crippen LogP contribution in [0.2, 0.25) is 0 Å². The zero-order valence-electron chi connectivity index (χ0n) is 24.1. The number of non-ortho nitro benzene ring substituents is 1. The molecule has 0 radical (unpaired) electrons. The number of benzene rings is 4. The molecule has 0 aliphatic heterocycles. The fraction of sp³-hybridized carbons (Fsp3) is 0.182. The molecule has 0 saturated carbocycles. The summed E-state index contributed by atoms with van der Waals surface area (Å²) in [7, 11) is 1.64. The highest BCUT2D eigenvalue weighted by Crippen LogP contribution is 2.34. The molecule has 5 aromatic rings. The average Bonchev–Trinajstić information content (AvgIpc) is 3.00. The third-order valence-electron chi connectivity index (χ3n) is 6.99. The van der Waals surface area contributed by atoms with E-state index in [9.17, 15) is 14.9 Å². The summed E-state index contributed by atoms with van der Waals surface area (Å²) >= 11 is 3.50. The van der Waals surface area contributed by atoms with Gasteiger partial charge < -0.3 is 9.47 Å². The van der Waals surface area contributed by atoms with Crippen LogP contribution in [0.25, 0.3) is 22.3 Å². The van der Waals surface area contributed by atoms with Crippen molar-refractivity contribution in [2.75, 3.05) is 7.11 Å². The highest BCUT2D eigenvalue weighted by atomic mass is 79.9. The molecule has 4 aromatic carbocycles. The first-order valence-corrected chi connectivity index (χ1v) is 14.4. The Hall–Kier alpha value is -4.83. The van der Waals surface area contributed by atoms with Gasteiger partial charge in [0.05, 0.1) is 29.2 Å². The fourth-order valence-electron chi connectivity index (χ4n) is 4.76. The summed E-state index contributed by atoms with van der Waals surface area (Å²) in [6, 6.07) is 22.8. The van der Waals surface area contributed by atoms with E-state index in [1.165, 1.54) is 16.8 Å². The lowest BCUT2D eigenvalue weighted by Gasteiger charge is -2.17. The minimum Gasteiger partial charge on any atom is -0.496 e. The molecule has 0 saturated heterocycles. The van der Waals surface area contributed by atoms with Crippen molar-refractivity contribution in [2.45, 2.75) is 33.3 Å². The quantitative estimate of drug-likeness (QED) is 0.0930. The molecule has 1 aromatic heterocycles. The van der Waals surface area contributed by atoms with Gasteiger partial charge in [0.2, 0.25) is 0 Å². The summed E-state index contributed by atoms with van der Waals surface area (Å²) < 4.78 is 13.8. The number of rotatable bonds is 9. The Bertz CT molecular complexity index is 1930. The van der Waals surface area contributed by atoms with Gasteiger partial charge in [-0.15, -0.1) is 0 Å². The van der Waals surface area contributed by atoms with E-state index in [0.717, 1.165) is 26.9 Å². The molecule has 9 nitrogen and oxygen atoms in total. The topological polar surface area (TPSA) is 109 Å². The molecule has 0 unspecified atom stereocenters. The van der Waals surface area contributed by atoms with Crippen LogP contribution >= 0.6 is 15.9 Å². The predicted molar refractivity (Wildman–Crippen MR) is 171 cm³/mol. The fourth-order valence-corrected chi connectivity index (χ4v) is 5.14. The van der Waals surface area contributed by atoms with Gasteiger partial charge >= 0.3 is 0 Å². The molecule has 0 aliphatic rings. The van der Waals surface area contributed by atoms with Gasteiger partial charge in [0.1, 0.15) is 18.1 Å². The number of hydrogen-bond acceptors (Lipinski definition) is 7. The van der Waals surface area contributed by atoms with Gasteiger partial charge in [-0.1, -0.05) is 54.0 Å². The largest absolute Gasteiger partial charge is 0.496 e. The molecule has 0 fully saturated rings. The van der Waals surface area contributed by atoms with E-state index in [0.29, 0.717) is 33.6 Å². The summed E-state index contributed by atoms with van der Waals surface area (Å²) in [6.07, 6.45) is 1.55. The van der Waals surface area contributed by atoms with Crippen molar-refractivity contribution in [3.05, 3.63) is 126 Å². The van der Waals surface area contributed by atoms with Gasteiger partial charge in [0.15, 0.2) is 5.82 Å². The molecule has 5 rings (SSSR count). The molecule has 43 heavy (non-hydrogen) atoms. The van der Waals surface area contributed by atoms with Gasteiger partial charge in [-0.05, 0) is 72.0 Å². The zero-order valence-corrected chi connectivity index (χ0v) is 25.7. The SMILES string of the molecule is COc1cc(C)c(-c2nc3ccccc3c(=O)n2N=Cc2cc(Br)ccc2OCc2cccc([N+](=O)[O-])c2)cc1C(C)C. The standard InChI is InChI=1S/C33H29BrN4O5/c1-20(2)27-17-28(21(3)14-31(27)42-4)32-36-29-11-6-5-10-26(29)33(39)37(32)35-18-23-16-24(34)12-13-30(23)43-19-22-8-7-9-25(15-22)38(40)41/h5-18,20H,19H2,1-4H3. The molecule has 0 atom stereocenters. The maximum absolute atomic E-state index is 13.8. The van der Waals surface area contributed by atoms with Crippen LogP contribution in [-0.4, -0.2) is 27.9 Å². The lowest BCUT2D eigenvalue weighted by molar-refractivity contribution is -0.384. The number of ether oxygens (including phenoxy) is 2. The van der Waals surface area contributed by atoms with Crippen molar-refractivity contribution in [1.29, 1.82) is 0 Å². The minimum absolute atomic E-state index is 0.0103. The van der Waals surface area contributed by atoms with Crippen molar-refractivity contribution >= 4 is 38.7 Å². The van der Waals surface area contributed by atoms with Gasteiger partial charge in [-0.3, -0.25) is 14.9 Å². The highest BCUT2D eigenvalue weighted by molar-refractivity contribution is 9.10. The average molecular weight is 642 g/mol. The van der Waals surface area contributed by atoms with Gasteiger partial charge in [0, 0.05) is 27.7 Å². The van der Waals surface area contributed by atoms with E-state index in [2.05, 4.69) is 34.9 Å². The van der Waals surface area contributed by atoms with Crippen molar-refractivity contribution in [3.8, 4) is 22.9 Å². The van der Waals surface area contributed by atoms with E-state index in [1.807, 2.05) is 43.3 Å². The van der Waals surface area contributed by atoms with Crippen LogP contribution in [-0.2, 0) is 6.61 Å². The number of halogens is 1. The number of aryl methyl sites for hydroxylation is 1. The zero-order chi connectivity index (χ0) is 30.7. The van der Waals surface area contributed by atoms with E-state index in [4.69, 9.17) is 14.5 Å². The van der Waals surface area contributed by atoms with Gasteiger partial charge in [-0.2, -0.15) is 9.78 Å². The van der Waals surface area contributed by atoms with Crippen molar-refractivity contribution in [2.24, 2.45) is 5.10 Å². The third-order valence-corrected chi connectivity index (χ3v) is 7.49. The summed E-state index contributed by atoms with van der Waals surface area (Å²) in [5, 5.41) is 16.3.